The van der Waals surface area contributed by atoms with Crippen molar-refractivity contribution in [2.45, 2.75) is 71.9 Å². The van der Waals surface area contributed by atoms with Crippen molar-refractivity contribution in [3.8, 4) is 0 Å². The maximum atomic E-state index is 3.72. The molecule has 0 aliphatic heterocycles. The first-order valence-electron chi connectivity index (χ1n) is 8.60. The first kappa shape index (κ1) is 15.3. The molecule has 0 spiro atoms. The van der Waals surface area contributed by atoms with Gasteiger partial charge < -0.3 is 10.6 Å². The van der Waals surface area contributed by atoms with E-state index in [-0.39, 0.29) is 0 Å². The minimum Gasteiger partial charge on any atom is -0.314 e. The molecule has 2 bridgehead atoms. The van der Waals surface area contributed by atoms with Crippen molar-refractivity contribution in [2.24, 2.45) is 23.7 Å². The average molecular weight is 266 g/mol. The number of hydrogen-bond acceptors (Lipinski definition) is 2. The summed E-state index contributed by atoms with van der Waals surface area (Å²) in [6.07, 6.45) is 6.99. The maximum absolute atomic E-state index is 3.72. The molecule has 0 radical (unpaired) electrons. The Hall–Kier alpha value is -0.0800. The van der Waals surface area contributed by atoms with E-state index >= 15 is 0 Å². The van der Waals surface area contributed by atoms with Gasteiger partial charge in [-0.05, 0) is 82.7 Å². The molecule has 2 saturated carbocycles. The fourth-order valence-electron chi connectivity index (χ4n) is 4.01. The van der Waals surface area contributed by atoms with E-state index in [0.717, 1.165) is 23.7 Å². The van der Waals surface area contributed by atoms with Crippen LogP contribution in [-0.2, 0) is 0 Å². The van der Waals surface area contributed by atoms with Crippen LogP contribution in [0.4, 0.5) is 0 Å². The largest absolute Gasteiger partial charge is 0.314 e. The Morgan fingerprint density at radius 1 is 0.789 bits per heavy atom. The predicted molar refractivity (Wildman–Crippen MR) is 83.3 cm³/mol. The molecule has 2 rings (SSSR count). The zero-order valence-corrected chi connectivity index (χ0v) is 13.4. The van der Waals surface area contributed by atoms with E-state index < -0.39 is 0 Å². The molecule has 0 amide bonds. The second-order valence-electron chi connectivity index (χ2n) is 7.18. The highest BCUT2D eigenvalue weighted by molar-refractivity contribution is 4.96. The van der Waals surface area contributed by atoms with E-state index in [2.05, 4.69) is 38.3 Å². The predicted octanol–water partition coefficient (Wildman–Crippen LogP) is 3.42. The minimum atomic E-state index is 0.696. The molecule has 112 valence electrons. The highest BCUT2D eigenvalue weighted by Gasteiger charge is 2.45. The summed E-state index contributed by atoms with van der Waals surface area (Å²) in [7, 11) is 0. The molecule has 2 N–H and O–H groups in total. The van der Waals surface area contributed by atoms with Gasteiger partial charge in [-0.1, -0.05) is 13.8 Å². The molecule has 2 fully saturated rings. The average Bonchev–Trinajstić information content (AvgIpc) is 3.01. The Bertz CT molecular complexity index is 240. The van der Waals surface area contributed by atoms with Gasteiger partial charge in [-0.15, -0.1) is 0 Å². The Balaban J connectivity index is 1.68. The van der Waals surface area contributed by atoms with E-state index in [0.29, 0.717) is 12.1 Å². The van der Waals surface area contributed by atoms with Gasteiger partial charge in [-0.2, -0.15) is 0 Å². The lowest BCUT2D eigenvalue weighted by Crippen LogP contribution is -2.36. The fraction of sp³-hybridized carbons (Fsp3) is 1.00. The van der Waals surface area contributed by atoms with E-state index in [1.807, 2.05) is 0 Å². The normalized spacial score (nSPS) is 36.6. The van der Waals surface area contributed by atoms with Crippen molar-refractivity contribution >= 4 is 0 Å². The van der Waals surface area contributed by atoms with E-state index in [1.165, 1.54) is 45.2 Å². The number of fused-ring (bicyclic) bond motifs is 2. The SMILES string of the molecule is CCC(C)NCC1CC2CC1CC2CNC(C)CC. The molecule has 0 aromatic carbocycles. The number of nitrogens with one attached hydrogen (secondary N) is 2. The van der Waals surface area contributed by atoms with Crippen LogP contribution in [0, 0.1) is 23.7 Å². The van der Waals surface area contributed by atoms with Crippen LogP contribution < -0.4 is 10.6 Å². The van der Waals surface area contributed by atoms with Crippen molar-refractivity contribution in [3.05, 3.63) is 0 Å². The first-order chi connectivity index (χ1) is 9.13. The molecular weight excluding hydrogens is 232 g/mol. The molecule has 0 heterocycles. The van der Waals surface area contributed by atoms with Crippen LogP contribution in [0.5, 0.6) is 0 Å². The van der Waals surface area contributed by atoms with Gasteiger partial charge in [0.15, 0.2) is 0 Å². The second-order valence-corrected chi connectivity index (χ2v) is 7.18. The third kappa shape index (κ3) is 3.95. The summed E-state index contributed by atoms with van der Waals surface area (Å²) in [5.41, 5.74) is 0. The summed E-state index contributed by atoms with van der Waals surface area (Å²) in [4.78, 5) is 0. The van der Waals surface area contributed by atoms with Gasteiger partial charge in [0.2, 0.25) is 0 Å². The summed E-state index contributed by atoms with van der Waals surface area (Å²) >= 11 is 0. The summed E-state index contributed by atoms with van der Waals surface area (Å²) < 4.78 is 0. The van der Waals surface area contributed by atoms with Gasteiger partial charge in [0.1, 0.15) is 0 Å². The molecule has 6 atom stereocenters. The zero-order valence-electron chi connectivity index (χ0n) is 13.4. The lowest BCUT2D eigenvalue weighted by Gasteiger charge is -2.30. The van der Waals surface area contributed by atoms with Crippen LogP contribution in [0.3, 0.4) is 0 Å². The molecule has 19 heavy (non-hydrogen) atoms. The van der Waals surface area contributed by atoms with E-state index in [4.69, 9.17) is 0 Å². The maximum Gasteiger partial charge on any atom is 0.00362 e. The lowest BCUT2D eigenvalue weighted by atomic mass is 9.81. The first-order valence-corrected chi connectivity index (χ1v) is 8.60. The van der Waals surface area contributed by atoms with E-state index in [9.17, 15) is 0 Å². The Kier molecular flexibility index (Phi) is 5.70. The topological polar surface area (TPSA) is 24.1 Å². The van der Waals surface area contributed by atoms with Crippen LogP contribution in [0.1, 0.15) is 59.8 Å². The van der Waals surface area contributed by atoms with E-state index in [1.54, 1.807) is 0 Å². The molecule has 2 nitrogen and oxygen atoms in total. The molecule has 0 aromatic rings. The van der Waals surface area contributed by atoms with Gasteiger partial charge in [-0.25, -0.2) is 0 Å². The van der Waals surface area contributed by atoms with Crippen molar-refractivity contribution in [3.63, 3.8) is 0 Å². The number of hydrogen-bond donors (Lipinski definition) is 2. The molecule has 2 aliphatic carbocycles. The molecule has 0 aromatic heterocycles. The van der Waals surface area contributed by atoms with Crippen molar-refractivity contribution in [2.75, 3.05) is 13.1 Å². The monoisotopic (exact) mass is 266 g/mol. The van der Waals surface area contributed by atoms with Gasteiger partial charge in [0, 0.05) is 12.1 Å². The standard InChI is InChI=1S/C17H34N2/c1-5-12(3)18-10-16-8-15-7-14(16)9-17(15)11-19-13(4)6-2/h12-19H,5-11H2,1-4H3. The molecular formula is C17H34N2. The lowest BCUT2D eigenvalue weighted by molar-refractivity contribution is 0.236. The van der Waals surface area contributed by atoms with Gasteiger partial charge >= 0.3 is 0 Å². The van der Waals surface area contributed by atoms with Crippen LogP contribution in [-0.4, -0.2) is 25.2 Å². The van der Waals surface area contributed by atoms with Gasteiger partial charge in [0.25, 0.3) is 0 Å². The van der Waals surface area contributed by atoms with Crippen molar-refractivity contribution < 1.29 is 0 Å². The summed E-state index contributed by atoms with van der Waals surface area (Å²) in [5.74, 6) is 3.98. The summed E-state index contributed by atoms with van der Waals surface area (Å²) in [6.45, 7) is 11.7. The van der Waals surface area contributed by atoms with Crippen LogP contribution in [0.15, 0.2) is 0 Å². The zero-order chi connectivity index (χ0) is 13.8. The highest BCUT2D eigenvalue weighted by Crippen LogP contribution is 2.51. The molecule has 2 aliphatic rings. The summed E-state index contributed by atoms with van der Waals surface area (Å²) in [6, 6.07) is 1.39. The molecule has 2 heteroatoms. The van der Waals surface area contributed by atoms with Crippen LogP contribution in [0.25, 0.3) is 0 Å². The minimum absolute atomic E-state index is 0.696. The Morgan fingerprint density at radius 2 is 1.21 bits per heavy atom. The Labute approximate surface area is 120 Å². The third-order valence-electron chi connectivity index (χ3n) is 5.83. The summed E-state index contributed by atoms with van der Waals surface area (Å²) in [5, 5.41) is 7.44. The molecule has 6 unspecified atom stereocenters. The van der Waals surface area contributed by atoms with Crippen molar-refractivity contribution in [1.82, 2.24) is 10.6 Å². The smallest absolute Gasteiger partial charge is 0.00362 e. The number of rotatable bonds is 8. The van der Waals surface area contributed by atoms with Gasteiger partial charge in [0.05, 0.1) is 0 Å². The third-order valence-corrected chi connectivity index (χ3v) is 5.83. The van der Waals surface area contributed by atoms with Gasteiger partial charge in [-0.3, -0.25) is 0 Å². The fourth-order valence-corrected chi connectivity index (χ4v) is 4.01. The van der Waals surface area contributed by atoms with Crippen LogP contribution >= 0.6 is 0 Å². The quantitative estimate of drug-likeness (QED) is 0.703. The highest BCUT2D eigenvalue weighted by atomic mass is 14.9. The van der Waals surface area contributed by atoms with Crippen LogP contribution in [0.2, 0.25) is 0 Å². The Morgan fingerprint density at radius 3 is 1.53 bits per heavy atom. The van der Waals surface area contributed by atoms with Crippen molar-refractivity contribution in [1.29, 1.82) is 0 Å². The molecule has 0 saturated heterocycles. The second kappa shape index (κ2) is 7.08.